The second kappa shape index (κ2) is 6.12. The Morgan fingerprint density at radius 3 is 2.65 bits per heavy atom. The third-order valence-corrected chi connectivity index (χ3v) is 6.41. The van der Waals surface area contributed by atoms with Crippen LogP contribution in [-0.4, -0.2) is 25.8 Å². The number of hydrogen-bond acceptors (Lipinski definition) is 2. The van der Waals surface area contributed by atoms with Crippen molar-refractivity contribution in [3.8, 4) is 0 Å². The van der Waals surface area contributed by atoms with Gasteiger partial charge in [0.25, 0.3) is 0 Å². The smallest absolute Gasteiger partial charge is 0.207 e. The lowest BCUT2D eigenvalue weighted by molar-refractivity contribution is 0.238. The Hall–Kier alpha value is -0.460. The van der Waals surface area contributed by atoms with E-state index in [1.165, 1.54) is 16.4 Å². The Morgan fingerprint density at radius 2 is 2.05 bits per heavy atom. The Morgan fingerprint density at radius 1 is 1.35 bits per heavy atom. The van der Waals surface area contributed by atoms with Crippen molar-refractivity contribution in [1.29, 1.82) is 0 Å². The molecule has 0 aliphatic heterocycles. The second-order valence-electron chi connectivity index (χ2n) is 5.52. The molecule has 1 fully saturated rings. The minimum absolute atomic E-state index is 0.0354. The van der Waals surface area contributed by atoms with E-state index in [9.17, 15) is 12.8 Å². The van der Waals surface area contributed by atoms with Gasteiger partial charge in [-0.15, -0.1) is 0 Å². The molecule has 0 radical (unpaired) electrons. The van der Waals surface area contributed by atoms with Crippen molar-refractivity contribution in [2.45, 2.75) is 43.5 Å². The Balaban J connectivity index is 2.29. The van der Waals surface area contributed by atoms with E-state index in [4.69, 9.17) is 0 Å². The van der Waals surface area contributed by atoms with Gasteiger partial charge in [-0.2, -0.15) is 4.31 Å². The van der Waals surface area contributed by atoms with Crippen LogP contribution in [0.25, 0.3) is 0 Å². The van der Waals surface area contributed by atoms with E-state index in [0.29, 0.717) is 10.4 Å². The van der Waals surface area contributed by atoms with Gasteiger partial charge in [-0.3, -0.25) is 0 Å². The Labute approximate surface area is 128 Å². The summed E-state index contributed by atoms with van der Waals surface area (Å²) in [5.74, 6) is -0.198. The molecule has 2 rings (SSSR count). The molecule has 0 bridgehead atoms. The molecule has 0 saturated heterocycles. The number of rotatable bonds is 3. The maximum absolute atomic E-state index is 13.9. The summed E-state index contributed by atoms with van der Waals surface area (Å²) in [5, 5.41) is 0. The quantitative estimate of drug-likeness (QED) is 0.819. The van der Waals surface area contributed by atoms with Crippen molar-refractivity contribution < 1.29 is 12.8 Å². The molecular formula is C14H19BrFNO2S. The zero-order chi connectivity index (χ0) is 14.9. The van der Waals surface area contributed by atoms with Crippen LogP contribution >= 0.6 is 15.9 Å². The van der Waals surface area contributed by atoms with E-state index in [0.717, 1.165) is 25.7 Å². The van der Waals surface area contributed by atoms with Crippen molar-refractivity contribution in [2.24, 2.45) is 5.92 Å². The molecule has 112 valence electrons. The molecule has 1 aliphatic carbocycles. The molecule has 1 saturated carbocycles. The molecule has 3 nitrogen and oxygen atoms in total. The predicted octanol–water partition coefficient (Wildman–Crippen LogP) is 3.79. The lowest BCUT2D eigenvalue weighted by Gasteiger charge is -2.33. The summed E-state index contributed by atoms with van der Waals surface area (Å²) in [5.41, 5.74) is 0. The van der Waals surface area contributed by atoms with E-state index < -0.39 is 15.8 Å². The van der Waals surface area contributed by atoms with Crippen LogP contribution < -0.4 is 0 Å². The summed E-state index contributed by atoms with van der Waals surface area (Å²) >= 11 is 3.14. The molecule has 0 heterocycles. The van der Waals surface area contributed by atoms with Crippen LogP contribution in [0.1, 0.15) is 32.6 Å². The van der Waals surface area contributed by atoms with Gasteiger partial charge >= 0.3 is 0 Å². The van der Waals surface area contributed by atoms with Crippen LogP contribution in [0.5, 0.6) is 0 Å². The van der Waals surface area contributed by atoms with E-state index >= 15 is 0 Å². The highest BCUT2D eigenvalue weighted by Gasteiger charge is 2.32. The molecule has 20 heavy (non-hydrogen) atoms. The van der Waals surface area contributed by atoms with E-state index in [2.05, 4.69) is 22.9 Å². The SMILES string of the molecule is CC1CCCC(N(C)S(=O)(=O)c2ccc(Br)cc2F)C1. The third kappa shape index (κ3) is 3.23. The summed E-state index contributed by atoms with van der Waals surface area (Å²) in [6, 6.07) is 4.02. The second-order valence-corrected chi connectivity index (χ2v) is 8.40. The number of sulfonamides is 1. The molecule has 0 spiro atoms. The number of nitrogens with zero attached hydrogens (tertiary/aromatic N) is 1. The molecule has 1 aromatic carbocycles. The molecule has 1 aliphatic rings. The topological polar surface area (TPSA) is 37.4 Å². The largest absolute Gasteiger partial charge is 0.245 e. The first kappa shape index (κ1) is 15.9. The fourth-order valence-electron chi connectivity index (χ4n) is 2.77. The average Bonchev–Trinajstić information content (AvgIpc) is 2.37. The normalized spacial score (nSPS) is 24.1. The highest BCUT2D eigenvalue weighted by Crippen LogP contribution is 2.31. The van der Waals surface area contributed by atoms with Crippen LogP contribution in [-0.2, 0) is 10.0 Å². The van der Waals surface area contributed by atoms with Gasteiger partial charge in [0, 0.05) is 17.6 Å². The molecule has 1 aromatic rings. The van der Waals surface area contributed by atoms with Crippen LogP contribution in [0.4, 0.5) is 4.39 Å². The highest BCUT2D eigenvalue weighted by molar-refractivity contribution is 9.10. The lowest BCUT2D eigenvalue weighted by atomic mass is 9.87. The van der Waals surface area contributed by atoms with E-state index in [-0.39, 0.29) is 10.9 Å². The minimum atomic E-state index is -3.77. The Bertz CT molecular complexity index is 591. The van der Waals surface area contributed by atoms with Gasteiger partial charge in [-0.25, -0.2) is 12.8 Å². The third-order valence-electron chi connectivity index (χ3n) is 3.97. The monoisotopic (exact) mass is 363 g/mol. The van der Waals surface area contributed by atoms with Crippen molar-refractivity contribution >= 4 is 26.0 Å². The van der Waals surface area contributed by atoms with Crippen molar-refractivity contribution in [2.75, 3.05) is 7.05 Å². The first-order valence-corrected chi connectivity index (χ1v) is 8.98. The standard InChI is InChI=1S/C14H19BrFNO2S/c1-10-4-3-5-12(8-10)17(2)20(18,19)14-7-6-11(15)9-13(14)16/h6-7,9-10,12H,3-5,8H2,1-2H3. The molecule has 0 amide bonds. The summed E-state index contributed by atoms with van der Waals surface area (Å²) in [6.45, 7) is 2.13. The summed E-state index contributed by atoms with van der Waals surface area (Å²) in [6.07, 6.45) is 3.84. The number of halogens is 2. The van der Waals surface area contributed by atoms with Gasteiger partial charge in [0.15, 0.2) is 0 Å². The zero-order valence-corrected chi connectivity index (χ0v) is 14.0. The van der Waals surface area contributed by atoms with Crippen molar-refractivity contribution in [3.63, 3.8) is 0 Å². The predicted molar refractivity (Wildman–Crippen MR) is 80.5 cm³/mol. The van der Waals surface area contributed by atoms with Gasteiger partial charge in [-0.05, 0) is 37.0 Å². The van der Waals surface area contributed by atoms with Crippen LogP contribution in [0.3, 0.4) is 0 Å². The summed E-state index contributed by atoms with van der Waals surface area (Å²) in [4.78, 5) is -0.249. The minimum Gasteiger partial charge on any atom is -0.207 e. The van der Waals surface area contributed by atoms with Gasteiger partial charge in [0.2, 0.25) is 10.0 Å². The fourth-order valence-corrected chi connectivity index (χ4v) is 4.54. The number of benzene rings is 1. The maximum atomic E-state index is 13.9. The highest BCUT2D eigenvalue weighted by atomic mass is 79.9. The zero-order valence-electron chi connectivity index (χ0n) is 11.6. The fraction of sp³-hybridized carbons (Fsp3) is 0.571. The lowest BCUT2D eigenvalue weighted by Crippen LogP contribution is -2.40. The summed E-state index contributed by atoms with van der Waals surface area (Å²) < 4.78 is 40.9. The Kier molecular flexibility index (Phi) is 4.87. The van der Waals surface area contributed by atoms with Gasteiger partial charge in [0.1, 0.15) is 10.7 Å². The van der Waals surface area contributed by atoms with Gasteiger partial charge in [0.05, 0.1) is 0 Å². The van der Waals surface area contributed by atoms with Gasteiger partial charge < -0.3 is 0 Å². The molecule has 6 heteroatoms. The van der Waals surface area contributed by atoms with E-state index in [1.54, 1.807) is 13.1 Å². The first-order valence-electron chi connectivity index (χ1n) is 6.75. The maximum Gasteiger partial charge on any atom is 0.245 e. The number of hydrogen-bond donors (Lipinski definition) is 0. The van der Waals surface area contributed by atoms with Crippen LogP contribution in [0.15, 0.2) is 27.6 Å². The first-order chi connectivity index (χ1) is 9.32. The van der Waals surface area contributed by atoms with Crippen molar-refractivity contribution in [3.05, 3.63) is 28.5 Å². The van der Waals surface area contributed by atoms with Crippen molar-refractivity contribution in [1.82, 2.24) is 4.31 Å². The van der Waals surface area contributed by atoms with Gasteiger partial charge in [-0.1, -0.05) is 35.7 Å². The molecule has 2 unspecified atom stereocenters. The van der Waals surface area contributed by atoms with Crippen LogP contribution in [0.2, 0.25) is 0 Å². The molecule has 0 N–H and O–H groups in total. The molecule has 0 aromatic heterocycles. The molecular weight excluding hydrogens is 345 g/mol. The average molecular weight is 364 g/mol. The van der Waals surface area contributed by atoms with Crippen LogP contribution in [0, 0.1) is 11.7 Å². The molecule has 2 atom stereocenters. The summed E-state index contributed by atoms with van der Waals surface area (Å²) in [7, 11) is -2.22. The van der Waals surface area contributed by atoms with E-state index in [1.807, 2.05) is 0 Å².